The molecule has 1 aromatic carbocycles. The maximum atomic E-state index is 12.6. The minimum Gasteiger partial charge on any atom is -0.481 e. The lowest BCUT2D eigenvalue weighted by molar-refractivity contribution is -0.140. The Morgan fingerprint density at radius 3 is 2.15 bits per heavy atom. The molecule has 1 unspecified atom stereocenters. The van der Waals surface area contributed by atoms with Crippen molar-refractivity contribution in [3.8, 4) is 0 Å². The Labute approximate surface area is 120 Å². The van der Waals surface area contributed by atoms with E-state index < -0.39 is 11.9 Å². The Hall–Kier alpha value is -1.84. The van der Waals surface area contributed by atoms with E-state index >= 15 is 0 Å². The number of carboxylic acids is 1. The lowest BCUT2D eigenvalue weighted by atomic mass is 10.0. The number of hydrogen-bond acceptors (Lipinski definition) is 2. The molecule has 0 aliphatic rings. The van der Waals surface area contributed by atoms with Gasteiger partial charge in [-0.25, -0.2) is 0 Å². The van der Waals surface area contributed by atoms with Gasteiger partial charge in [-0.1, -0.05) is 39.0 Å². The van der Waals surface area contributed by atoms with Crippen molar-refractivity contribution in [2.24, 2.45) is 11.8 Å². The SMILES string of the molecule is CCC(CC)C(=O)N(CC(C)C(=O)O)c1ccccc1. The van der Waals surface area contributed by atoms with Crippen molar-refractivity contribution in [3.63, 3.8) is 0 Å². The van der Waals surface area contributed by atoms with Gasteiger partial charge < -0.3 is 10.0 Å². The van der Waals surface area contributed by atoms with E-state index in [0.29, 0.717) is 0 Å². The standard InChI is InChI=1S/C16H23NO3/c1-4-13(5-2)15(18)17(11-12(3)16(19)20)14-9-7-6-8-10-14/h6-10,12-13H,4-5,11H2,1-3H3,(H,19,20). The number of carboxylic acid groups (broad SMARTS) is 1. The molecule has 0 bridgehead atoms. The molecule has 1 N–H and O–H groups in total. The van der Waals surface area contributed by atoms with Crippen molar-refractivity contribution in [1.29, 1.82) is 0 Å². The van der Waals surface area contributed by atoms with Crippen molar-refractivity contribution in [1.82, 2.24) is 0 Å². The van der Waals surface area contributed by atoms with Gasteiger partial charge in [0, 0.05) is 18.2 Å². The summed E-state index contributed by atoms with van der Waals surface area (Å²) in [6.45, 7) is 5.79. The fraction of sp³-hybridized carbons (Fsp3) is 0.500. The number of para-hydroxylation sites is 1. The molecule has 110 valence electrons. The first-order valence-corrected chi connectivity index (χ1v) is 7.10. The van der Waals surface area contributed by atoms with E-state index in [2.05, 4.69) is 0 Å². The molecule has 0 spiro atoms. The summed E-state index contributed by atoms with van der Waals surface area (Å²) >= 11 is 0. The van der Waals surface area contributed by atoms with Crippen LogP contribution in [0.2, 0.25) is 0 Å². The molecule has 0 fully saturated rings. The maximum absolute atomic E-state index is 12.6. The predicted molar refractivity (Wildman–Crippen MR) is 79.7 cm³/mol. The second-order valence-corrected chi connectivity index (χ2v) is 5.04. The van der Waals surface area contributed by atoms with Crippen molar-refractivity contribution >= 4 is 17.6 Å². The quantitative estimate of drug-likeness (QED) is 0.832. The van der Waals surface area contributed by atoms with Gasteiger partial charge in [0.25, 0.3) is 0 Å². The molecule has 4 heteroatoms. The van der Waals surface area contributed by atoms with Crippen LogP contribution in [0.15, 0.2) is 30.3 Å². The van der Waals surface area contributed by atoms with Crippen LogP contribution in [0.1, 0.15) is 33.6 Å². The van der Waals surface area contributed by atoms with Crippen LogP contribution in [0.3, 0.4) is 0 Å². The molecular weight excluding hydrogens is 254 g/mol. The molecule has 0 heterocycles. The Morgan fingerprint density at radius 1 is 1.15 bits per heavy atom. The smallest absolute Gasteiger partial charge is 0.308 e. The van der Waals surface area contributed by atoms with Crippen LogP contribution < -0.4 is 4.90 Å². The van der Waals surface area contributed by atoms with Gasteiger partial charge in [-0.2, -0.15) is 0 Å². The molecule has 4 nitrogen and oxygen atoms in total. The summed E-state index contributed by atoms with van der Waals surface area (Å²) in [4.78, 5) is 25.3. The third-order valence-corrected chi connectivity index (χ3v) is 3.55. The fourth-order valence-electron chi connectivity index (χ4n) is 2.14. The highest BCUT2D eigenvalue weighted by atomic mass is 16.4. The lowest BCUT2D eigenvalue weighted by Crippen LogP contribution is -2.40. The molecule has 0 saturated heterocycles. The molecule has 0 aliphatic carbocycles. The zero-order chi connectivity index (χ0) is 15.1. The van der Waals surface area contributed by atoms with Crippen LogP contribution in [-0.4, -0.2) is 23.5 Å². The number of carbonyl (C=O) groups excluding carboxylic acids is 1. The molecule has 20 heavy (non-hydrogen) atoms. The Bertz CT molecular complexity index is 440. The molecule has 0 aliphatic heterocycles. The summed E-state index contributed by atoms with van der Waals surface area (Å²) in [7, 11) is 0. The number of hydrogen-bond donors (Lipinski definition) is 1. The minimum absolute atomic E-state index is 0.00861. The highest BCUT2D eigenvalue weighted by Crippen LogP contribution is 2.21. The van der Waals surface area contributed by atoms with Crippen LogP contribution >= 0.6 is 0 Å². The first kappa shape index (κ1) is 16.2. The van der Waals surface area contributed by atoms with E-state index in [-0.39, 0.29) is 18.4 Å². The van der Waals surface area contributed by atoms with Gasteiger partial charge >= 0.3 is 5.97 Å². The summed E-state index contributed by atoms with van der Waals surface area (Å²) in [5.41, 5.74) is 0.762. The van der Waals surface area contributed by atoms with Gasteiger partial charge in [-0.3, -0.25) is 9.59 Å². The fourth-order valence-corrected chi connectivity index (χ4v) is 2.14. The molecule has 0 saturated carbocycles. The van der Waals surface area contributed by atoms with Crippen LogP contribution in [0, 0.1) is 11.8 Å². The number of rotatable bonds is 7. The summed E-state index contributed by atoms with van der Waals surface area (Å²) < 4.78 is 0. The van der Waals surface area contributed by atoms with Crippen LogP contribution in [-0.2, 0) is 9.59 Å². The highest BCUT2D eigenvalue weighted by molar-refractivity contribution is 5.95. The molecule has 1 amide bonds. The Morgan fingerprint density at radius 2 is 1.70 bits per heavy atom. The van der Waals surface area contributed by atoms with E-state index in [1.165, 1.54) is 0 Å². The van der Waals surface area contributed by atoms with Gasteiger partial charge in [0.2, 0.25) is 5.91 Å². The predicted octanol–water partition coefficient (Wildman–Crippen LogP) is 3.18. The number of anilines is 1. The summed E-state index contributed by atoms with van der Waals surface area (Å²) in [6.07, 6.45) is 1.53. The van der Waals surface area contributed by atoms with Crippen molar-refractivity contribution < 1.29 is 14.7 Å². The third kappa shape index (κ3) is 4.08. The maximum Gasteiger partial charge on any atom is 0.308 e. The molecule has 1 aromatic rings. The number of nitrogens with zero attached hydrogens (tertiary/aromatic N) is 1. The van der Waals surface area contributed by atoms with Crippen molar-refractivity contribution in [2.45, 2.75) is 33.6 Å². The van der Waals surface area contributed by atoms with E-state index in [9.17, 15) is 9.59 Å². The molecule has 0 radical (unpaired) electrons. The average molecular weight is 277 g/mol. The van der Waals surface area contributed by atoms with Gasteiger partial charge in [-0.05, 0) is 25.0 Å². The highest BCUT2D eigenvalue weighted by Gasteiger charge is 2.26. The Kier molecular flexibility index (Phi) is 6.22. The molecule has 0 aromatic heterocycles. The summed E-state index contributed by atoms with van der Waals surface area (Å²) in [6, 6.07) is 9.27. The second kappa shape index (κ2) is 7.68. The number of aliphatic carboxylic acids is 1. The van der Waals surface area contributed by atoms with E-state index in [0.717, 1.165) is 18.5 Å². The zero-order valence-electron chi connectivity index (χ0n) is 12.4. The van der Waals surface area contributed by atoms with E-state index in [4.69, 9.17) is 5.11 Å². The largest absolute Gasteiger partial charge is 0.481 e. The number of amides is 1. The number of carbonyl (C=O) groups is 2. The van der Waals surface area contributed by atoms with Crippen LogP contribution in [0.5, 0.6) is 0 Å². The molecular formula is C16H23NO3. The van der Waals surface area contributed by atoms with E-state index in [1.54, 1.807) is 11.8 Å². The zero-order valence-corrected chi connectivity index (χ0v) is 12.4. The molecule has 1 atom stereocenters. The first-order valence-electron chi connectivity index (χ1n) is 7.10. The Balaban J connectivity index is 3.01. The average Bonchev–Trinajstić information content (AvgIpc) is 2.46. The van der Waals surface area contributed by atoms with Crippen LogP contribution in [0.4, 0.5) is 5.69 Å². The van der Waals surface area contributed by atoms with Gasteiger partial charge in [-0.15, -0.1) is 0 Å². The second-order valence-electron chi connectivity index (χ2n) is 5.04. The van der Waals surface area contributed by atoms with Crippen LogP contribution in [0.25, 0.3) is 0 Å². The van der Waals surface area contributed by atoms with Gasteiger partial charge in [0.05, 0.1) is 5.92 Å². The third-order valence-electron chi connectivity index (χ3n) is 3.55. The number of benzene rings is 1. The summed E-state index contributed by atoms with van der Waals surface area (Å²) in [5, 5.41) is 9.07. The van der Waals surface area contributed by atoms with Crippen molar-refractivity contribution in [2.75, 3.05) is 11.4 Å². The monoisotopic (exact) mass is 277 g/mol. The topological polar surface area (TPSA) is 57.6 Å². The lowest BCUT2D eigenvalue weighted by Gasteiger charge is -2.28. The first-order chi connectivity index (χ1) is 9.51. The molecule has 1 rings (SSSR count). The van der Waals surface area contributed by atoms with Gasteiger partial charge in [0.15, 0.2) is 0 Å². The van der Waals surface area contributed by atoms with Crippen molar-refractivity contribution in [3.05, 3.63) is 30.3 Å². The van der Waals surface area contributed by atoms with Gasteiger partial charge in [0.1, 0.15) is 0 Å². The summed E-state index contributed by atoms with van der Waals surface area (Å²) in [5.74, 6) is -1.53. The normalized spacial score (nSPS) is 12.2. The minimum atomic E-state index is -0.886. The van der Waals surface area contributed by atoms with E-state index in [1.807, 2.05) is 44.2 Å².